The van der Waals surface area contributed by atoms with E-state index in [1.807, 2.05) is 51.1 Å². The number of carbonyl (C=O) groups is 1. The molecule has 1 heterocycles. The maximum atomic E-state index is 11.8. The molecule has 1 aromatic heterocycles. The summed E-state index contributed by atoms with van der Waals surface area (Å²) in [6.45, 7) is 6.04. The van der Waals surface area contributed by atoms with Crippen molar-refractivity contribution in [3.05, 3.63) is 41.6 Å². The zero-order valence-corrected chi connectivity index (χ0v) is 11.6. The number of methoxy groups -OCH3 is 1. The minimum absolute atomic E-state index is 0.244. The molecule has 4 nitrogen and oxygen atoms in total. The van der Waals surface area contributed by atoms with Crippen LogP contribution in [-0.2, 0) is 10.2 Å². The highest BCUT2D eigenvalue weighted by molar-refractivity contribution is 5.91. The molecule has 19 heavy (non-hydrogen) atoms. The lowest BCUT2D eigenvalue weighted by Gasteiger charge is -2.18. The molecule has 0 bridgehead atoms. The van der Waals surface area contributed by atoms with E-state index in [9.17, 15) is 4.79 Å². The highest BCUT2D eigenvalue weighted by Gasteiger charge is 2.31. The van der Waals surface area contributed by atoms with Crippen LogP contribution in [0.4, 0.5) is 0 Å². The number of ether oxygens (including phenoxy) is 1. The smallest absolute Gasteiger partial charge is 0.360 e. The van der Waals surface area contributed by atoms with Gasteiger partial charge in [0.25, 0.3) is 0 Å². The van der Waals surface area contributed by atoms with Crippen LogP contribution < -0.4 is 0 Å². The summed E-state index contributed by atoms with van der Waals surface area (Å²) >= 11 is 0. The molecule has 2 aromatic rings. The van der Waals surface area contributed by atoms with Crippen LogP contribution in [0.3, 0.4) is 0 Å². The molecule has 0 aliphatic carbocycles. The van der Waals surface area contributed by atoms with E-state index in [4.69, 9.17) is 9.26 Å². The maximum absolute atomic E-state index is 11.8. The largest absolute Gasteiger partial charge is 0.464 e. The van der Waals surface area contributed by atoms with Crippen molar-refractivity contribution in [2.75, 3.05) is 7.11 Å². The number of esters is 1. The molecule has 0 saturated heterocycles. The fourth-order valence-corrected chi connectivity index (χ4v) is 2.01. The molecule has 0 fully saturated rings. The molecule has 0 atom stereocenters. The Bertz CT molecular complexity index is 579. The summed E-state index contributed by atoms with van der Waals surface area (Å²) in [5.41, 5.74) is 1.64. The van der Waals surface area contributed by atoms with Crippen molar-refractivity contribution in [2.24, 2.45) is 0 Å². The quantitative estimate of drug-likeness (QED) is 0.775. The molecular formula is C15H17NO3. The lowest BCUT2D eigenvalue weighted by atomic mass is 9.84. The maximum Gasteiger partial charge on any atom is 0.360 e. The SMILES string of the molecule is COC(=O)c1noc(-c2ccccc2)c1C(C)(C)C. The number of aromatic nitrogens is 1. The molecule has 0 amide bonds. The van der Waals surface area contributed by atoms with Gasteiger partial charge in [0.1, 0.15) is 0 Å². The average molecular weight is 259 g/mol. The minimum Gasteiger partial charge on any atom is -0.464 e. The predicted octanol–water partition coefficient (Wildman–Crippen LogP) is 3.43. The highest BCUT2D eigenvalue weighted by atomic mass is 16.5. The first kappa shape index (κ1) is 13.3. The summed E-state index contributed by atoms with van der Waals surface area (Å²) in [5, 5.41) is 3.88. The monoisotopic (exact) mass is 259 g/mol. The molecule has 0 spiro atoms. The van der Waals surface area contributed by atoms with Crippen molar-refractivity contribution in [1.82, 2.24) is 5.16 Å². The van der Waals surface area contributed by atoms with Gasteiger partial charge in [0.05, 0.1) is 7.11 Å². The van der Waals surface area contributed by atoms with E-state index >= 15 is 0 Å². The molecule has 0 aliphatic rings. The van der Waals surface area contributed by atoms with Crippen LogP contribution in [0.15, 0.2) is 34.9 Å². The number of benzene rings is 1. The van der Waals surface area contributed by atoms with Gasteiger partial charge in [-0.3, -0.25) is 0 Å². The summed E-state index contributed by atoms with van der Waals surface area (Å²) < 4.78 is 10.1. The minimum atomic E-state index is -0.476. The van der Waals surface area contributed by atoms with Crippen LogP contribution >= 0.6 is 0 Å². The third kappa shape index (κ3) is 2.52. The lowest BCUT2D eigenvalue weighted by molar-refractivity contribution is 0.0586. The van der Waals surface area contributed by atoms with E-state index in [0.717, 1.165) is 11.1 Å². The van der Waals surface area contributed by atoms with Crippen molar-refractivity contribution in [2.45, 2.75) is 26.2 Å². The Labute approximate surface area is 112 Å². The van der Waals surface area contributed by atoms with Crippen molar-refractivity contribution in [1.29, 1.82) is 0 Å². The molecule has 1 aromatic carbocycles. The normalized spacial score (nSPS) is 11.4. The third-order valence-electron chi connectivity index (χ3n) is 2.86. The van der Waals surface area contributed by atoms with Gasteiger partial charge in [0.2, 0.25) is 0 Å². The Kier molecular flexibility index (Phi) is 3.42. The Morgan fingerprint density at radius 2 is 1.84 bits per heavy atom. The molecule has 0 radical (unpaired) electrons. The molecule has 0 saturated carbocycles. The second-order valence-corrected chi connectivity index (χ2v) is 5.34. The molecule has 0 unspecified atom stereocenters. The second kappa shape index (κ2) is 4.88. The first-order valence-electron chi connectivity index (χ1n) is 6.09. The van der Waals surface area contributed by atoms with Crippen LogP contribution in [0.1, 0.15) is 36.8 Å². The molecule has 4 heteroatoms. The number of hydrogen-bond donors (Lipinski definition) is 0. The second-order valence-electron chi connectivity index (χ2n) is 5.34. The predicted molar refractivity (Wildman–Crippen MR) is 72.0 cm³/mol. The number of hydrogen-bond acceptors (Lipinski definition) is 4. The molecular weight excluding hydrogens is 242 g/mol. The van der Waals surface area contributed by atoms with Gasteiger partial charge >= 0.3 is 5.97 Å². The van der Waals surface area contributed by atoms with Crippen molar-refractivity contribution >= 4 is 5.97 Å². The Morgan fingerprint density at radius 1 is 1.21 bits per heavy atom. The standard InChI is InChI=1S/C15H17NO3/c1-15(2,3)11-12(14(17)18-4)16-19-13(11)10-8-6-5-7-9-10/h5-9H,1-4H3. The van der Waals surface area contributed by atoms with Crippen LogP contribution in [-0.4, -0.2) is 18.2 Å². The number of nitrogens with zero attached hydrogens (tertiary/aromatic N) is 1. The van der Waals surface area contributed by atoms with Gasteiger partial charge in [0, 0.05) is 11.1 Å². The zero-order chi connectivity index (χ0) is 14.0. The van der Waals surface area contributed by atoms with Gasteiger partial charge < -0.3 is 9.26 Å². The Morgan fingerprint density at radius 3 is 2.37 bits per heavy atom. The van der Waals surface area contributed by atoms with E-state index in [1.54, 1.807) is 0 Å². The lowest BCUT2D eigenvalue weighted by Crippen LogP contribution is -2.17. The molecule has 0 aliphatic heterocycles. The number of carbonyl (C=O) groups excluding carboxylic acids is 1. The summed E-state index contributed by atoms with van der Waals surface area (Å²) in [6, 6.07) is 9.62. The first-order valence-corrected chi connectivity index (χ1v) is 6.09. The molecule has 0 N–H and O–H groups in total. The van der Waals surface area contributed by atoms with Crippen molar-refractivity contribution in [3.8, 4) is 11.3 Å². The van der Waals surface area contributed by atoms with E-state index in [-0.39, 0.29) is 11.1 Å². The van der Waals surface area contributed by atoms with Crippen LogP contribution in [0.25, 0.3) is 11.3 Å². The number of rotatable bonds is 2. The molecule has 100 valence electrons. The van der Waals surface area contributed by atoms with Gasteiger partial charge in [-0.05, 0) is 5.41 Å². The van der Waals surface area contributed by atoms with Crippen LogP contribution in [0.2, 0.25) is 0 Å². The van der Waals surface area contributed by atoms with Crippen molar-refractivity contribution < 1.29 is 14.1 Å². The summed E-state index contributed by atoms with van der Waals surface area (Å²) in [4.78, 5) is 11.8. The molecule has 2 rings (SSSR count). The van der Waals surface area contributed by atoms with Gasteiger partial charge in [-0.25, -0.2) is 4.79 Å². The zero-order valence-electron chi connectivity index (χ0n) is 11.6. The van der Waals surface area contributed by atoms with Gasteiger partial charge in [-0.2, -0.15) is 0 Å². The van der Waals surface area contributed by atoms with Gasteiger partial charge in [-0.15, -0.1) is 0 Å². The van der Waals surface area contributed by atoms with E-state index in [1.165, 1.54) is 7.11 Å². The van der Waals surface area contributed by atoms with Crippen LogP contribution in [0.5, 0.6) is 0 Å². The van der Waals surface area contributed by atoms with Crippen LogP contribution in [0, 0.1) is 0 Å². The highest BCUT2D eigenvalue weighted by Crippen LogP contribution is 2.35. The first-order chi connectivity index (χ1) is 8.95. The van der Waals surface area contributed by atoms with E-state index < -0.39 is 5.97 Å². The third-order valence-corrected chi connectivity index (χ3v) is 2.86. The van der Waals surface area contributed by atoms with Gasteiger partial charge in [0.15, 0.2) is 11.5 Å². The van der Waals surface area contributed by atoms with E-state index in [2.05, 4.69) is 5.16 Å². The van der Waals surface area contributed by atoms with E-state index in [0.29, 0.717) is 5.76 Å². The van der Waals surface area contributed by atoms with Crippen molar-refractivity contribution in [3.63, 3.8) is 0 Å². The fraction of sp³-hybridized carbons (Fsp3) is 0.333. The fourth-order valence-electron chi connectivity index (χ4n) is 2.01. The Balaban J connectivity index is 2.64. The summed E-state index contributed by atoms with van der Waals surface area (Å²) in [5.74, 6) is 0.143. The summed E-state index contributed by atoms with van der Waals surface area (Å²) in [7, 11) is 1.34. The Hall–Kier alpha value is -2.10. The van der Waals surface area contributed by atoms with Gasteiger partial charge in [-0.1, -0.05) is 56.3 Å². The topological polar surface area (TPSA) is 52.3 Å². The average Bonchev–Trinajstić information content (AvgIpc) is 2.83. The summed E-state index contributed by atoms with van der Waals surface area (Å²) in [6.07, 6.45) is 0.